The Hall–Kier alpha value is -2.70. The summed E-state index contributed by atoms with van der Waals surface area (Å²) in [5.74, 6) is -1.40. The van der Waals surface area contributed by atoms with E-state index < -0.39 is 11.9 Å². The summed E-state index contributed by atoms with van der Waals surface area (Å²) in [5, 5.41) is 17.0. The third-order valence-corrected chi connectivity index (χ3v) is 3.91. The molecule has 1 aliphatic rings. The zero-order chi connectivity index (χ0) is 15.7. The van der Waals surface area contributed by atoms with Crippen LogP contribution in [0.5, 0.6) is 0 Å². The van der Waals surface area contributed by atoms with Gasteiger partial charge in [0.15, 0.2) is 5.69 Å². The molecule has 114 valence electrons. The molecule has 1 aromatic heterocycles. The fourth-order valence-corrected chi connectivity index (χ4v) is 2.56. The van der Waals surface area contributed by atoms with Crippen LogP contribution in [0.15, 0.2) is 24.3 Å². The summed E-state index contributed by atoms with van der Waals surface area (Å²) in [6.45, 7) is 0. The van der Waals surface area contributed by atoms with Crippen LogP contribution in [-0.2, 0) is 4.74 Å². The lowest BCUT2D eigenvalue weighted by Crippen LogP contribution is -2.17. The Morgan fingerprint density at radius 1 is 1.36 bits per heavy atom. The van der Waals surface area contributed by atoms with E-state index >= 15 is 0 Å². The molecule has 22 heavy (non-hydrogen) atoms. The standard InChI is InChI=1S/C15H15N3O4/c1-22-15(21)10-6-3-7-11(8-10)18-13(9-4-2-5-9)12(14(19)20)16-17-18/h3,6-9H,2,4-5H2,1H3,(H,19,20). The molecule has 3 rings (SSSR count). The fraction of sp³-hybridized carbons (Fsp3) is 0.333. The first-order valence-corrected chi connectivity index (χ1v) is 6.99. The van der Waals surface area contributed by atoms with Crippen molar-refractivity contribution in [3.63, 3.8) is 0 Å². The number of methoxy groups -OCH3 is 1. The third-order valence-electron chi connectivity index (χ3n) is 3.91. The number of aromatic carboxylic acids is 1. The van der Waals surface area contributed by atoms with E-state index in [4.69, 9.17) is 4.74 Å². The Morgan fingerprint density at radius 3 is 2.73 bits per heavy atom. The molecule has 0 atom stereocenters. The average Bonchev–Trinajstić information content (AvgIpc) is 2.89. The molecule has 7 heteroatoms. The number of hydrogen-bond donors (Lipinski definition) is 1. The smallest absolute Gasteiger partial charge is 0.358 e. The lowest BCUT2D eigenvalue weighted by atomic mass is 9.82. The van der Waals surface area contributed by atoms with Crippen LogP contribution in [0.3, 0.4) is 0 Å². The quantitative estimate of drug-likeness (QED) is 0.868. The summed E-state index contributed by atoms with van der Waals surface area (Å²) in [6, 6.07) is 6.71. The SMILES string of the molecule is COC(=O)c1cccc(-n2nnc(C(=O)O)c2C2CCC2)c1. The number of benzene rings is 1. The molecule has 1 N–H and O–H groups in total. The third kappa shape index (κ3) is 2.34. The van der Waals surface area contributed by atoms with E-state index in [0.29, 0.717) is 16.9 Å². The predicted octanol–water partition coefficient (Wildman–Crippen LogP) is 2.02. The van der Waals surface area contributed by atoms with Gasteiger partial charge in [-0.1, -0.05) is 17.7 Å². The number of ether oxygens (including phenoxy) is 1. The monoisotopic (exact) mass is 301 g/mol. The summed E-state index contributed by atoms with van der Waals surface area (Å²) >= 11 is 0. The van der Waals surface area contributed by atoms with Crippen molar-refractivity contribution in [3.05, 3.63) is 41.2 Å². The molecule has 0 saturated heterocycles. The first kappa shape index (κ1) is 14.2. The number of carboxylic acids is 1. The minimum Gasteiger partial charge on any atom is -0.476 e. The first-order valence-electron chi connectivity index (χ1n) is 6.99. The van der Waals surface area contributed by atoms with Crippen molar-refractivity contribution in [3.8, 4) is 5.69 Å². The fourth-order valence-electron chi connectivity index (χ4n) is 2.56. The second-order valence-electron chi connectivity index (χ2n) is 5.21. The highest BCUT2D eigenvalue weighted by molar-refractivity contribution is 5.90. The number of aromatic nitrogens is 3. The van der Waals surface area contributed by atoms with E-state index in [0.717, 1.165) is 19.3 Å². The van der Waals surface area contributed by atoms with E-state index in [1.54, 1.807) is 24.3 Å². The molecule has 0 unspecified atom stereocenters. The number of carboxylic acid groups (broad SMARTS) is 1. The Kier molecular flexibility index (Phi) is 3.62. The minimum absolute atomic E-state index is 0.0202. The van der Waals surface area contributed by atoms with Gasteiger partial charge in [0.1, 0.15) is 0 Å². The van der Waals surface area contributed by atoms with Gasteiger partial charge >= 0.3 is 11.9 Å². The Labute approximate surface area is 126 Å². The second kappa shape index (κ2) is 5.59. The van der Waals surface area contributed by atoms with Crippen molar-refractivity contribution in [2.45, 2.75) is 25.2 Å². The molecule has 1 saturated carbocycles. The summed E-state index contributed by atoms with van der Waals surface area (Å²) in [7, 11) is 1.31. The summed E-state index contributed by atoms with van der Waals surface area (Å²) in [5.41, 5.74) is 1.56. The molecule has 1 heterocycles. The number of hydrogen-bond acceptors (Lipinski definition) is 5. The number of nitrogens with zero attached hydrogens (tertiary/aromatic N) is 3. The van der Waals surface area contributed by atoms with E-state index in [9.17, 15) is 14.7 Å². The highest BCUT2D eigenvalue weighted by Crippen LogP contribution is 2.38. The Bertz CT molecular complexity index is 734. The molecule has 7 nitrogen and oxygen atoms in total. The highest BCUT2D eigenvalue weighted by atomic mass is 16.5. The largest absolute Gasteiger partial charge is 0.476 e. The first-order chi connectivity index (χ1) is 10.6. The van der Waals surface area contributed by atoms with Crippen molar-refractivity contribution in [1.29, 1.82) is 0 Å². The van der Waals surface area contributed by atoms with Crippen LogP contribution in [0, 0.1) is 0 Å². The maximum atomic E-state index is 11.6. The van der Waals surface area contributed by atoms with Crippen LogP contribution in [0.25, 0.3) is 5.69 Å². The Balaban J connectivity index is 2.08. The number of esters is 1. The number of carbonyl (C=O) groups is 2. The molecular weight excluding hydrogens is 286 g/mol. The summed E-state index contributed by atoms with van der Waals surface area (Å²) < 4.78 is 6.22. The average molecular weight is 301 g/mol. The predicted molar refractivity (Wildman–Crippen MR) is 76.2 cm³/mol. The maximum absolute atomic E-state index is 11.6. The van der Waals surface area contributed by atoms with Gasteiger partial charge in [0.2, 0.25) is 0 Å². The van der Waals surface area contributed by atoms with Gasteiger partial charge in [-0.15, -0.1) is 5.10 Å². The van der Waals surface area contributed by atoms with Gasteiger partial charge in [-0.3, -0.25) is 0 Å². The van der Waals surface area contributed by atoms with Crippen LogP contribution >= 0.6 is 0 Å². The molecule has 0 spiro atoms. The van der Waals surface area contributed by atoms with Crippen molar-refractivity contribution in [2.75, 3.05) is 7.11 Å². The van der Waals surface area contributed by atoms with E-state index in [-0.39, 0.29) is 11.6 Å². The van der Waals surface area contributed by atoms with Gasteiger partial charge in [0.05, 0.1) is 24.1 Å². The van der Waals surface area contributed by atoms with Crippen LogP contribution in [-0.4, -0.2) is 39.1 Å². The number of carbonyl (C=O) groups excluding carboxylic acids is 1. The van der Waals surface area contributed by atoms with Gasteiger partial charge in [0.25, 0.3) is 0 Å². The molecule has 1 aromatic carbocycles. The lowest BCUT2D eigenvalue weighted by molar-refractivity contribution is 0.0599. The maximum Gasteiger partial charge on any atom is 0.358 e. The molecule has 0 amide bonds. The van der Waals surface area contributed by atoms with E-state index in [1.807, 2.05) is 0 Å². The van der Waals surface area contributed by atoms with Crippen LogP contribution < -0.4 is 0 Å². The second-order valence-corrected chi connectivity index (χ2v) is 5.21. The van der Waals surface area contributed by atoms with Gasteiger partial charge in [0, 0.05) is 5.92 Å². The van der Waals surface area contributed by atoms with Crippen molar-refractivity contribution in [2.24, 2.45) is 0 Å². The lowest BCUT2D eigenvalue weighted by Gasteiger charge is -2.26. The van der Waals surface area contributed by atoms with E-state index in [1.165, 1.54) is 11.8 Å². The molecule has 1 fully saturated rings. The molecule has 0 radical (unpaired) electrons. The summed E-state index contributed by atoms with van der Waals surface area (Å²) in [6.07, 6.45) is 2.91. The molecule has 0 aliphatic heterocycles. The van der Waals surface area contributed by atoms with Gasteiger partial charge < -0.3 is 9.84 Å². The van der Waals surface area contributed by atoms with Gasteiger partial charge in [-0.25, -0.2) is 14.3 Å². The summed E-state index contributed by atoms with van der Waals surface area (Å²) in [4.78, 5) is 23.0. The minimum atomic E-state index is -1.09. The van der Waals surface area contributed by atoms with Crippen LogP contribution in [0.4, 0.5) is 0 Å². The molecule has 2 aromatic rings. The molecular formula is C15H15N3O4. The Morgan fingerprint density at radius 2 is 2.14 bits per heavy atom. The van der Waals surface area contributed by atoms with Crippen LogP contribution in [0.2, 0.25) is 0 Å². The normalized spacial score (nSPS) is 14.4. The van der Waals surface area contributed by atoms with Gasteiger partial charge in [-0.2, -0.15) is 0 Å². The highest BCUT2D eigenvalue weighted by Gasteiger charge is 2.31. The van der Waals surface area contributed by atoms with Crippen LogP contribution in [0.1, 0.15) is 51.7 Å². The van der Waals surface area contributed by atoms with E-state index in [2.05, 4.69) is 10.3 Å². The number of rotatable bonds is 4. The van der Waals surface area contributed by atoms with Crippen molar-refractivity contribution in [1.82, 2.24) is 15.0 Å². The van der Waals surface area contributed by atoms with Crippen molar-refractivity contribution >= 4 is 11.9 Å². The zero-order valence-corrected chi connectivity index (χ0v) is 12.0. The topological polar surface area (TPSA) is 94.3 Å². The zero-order valence-electron chi connectivity index (χ0n) is 12.0. The molecule has 1 aliphatic carbocycles. The van der Waals surface area contributed by atoms with Crippen molar-refractivity contribution < 1.29 is 19.4 Å². The molecule has 0 bridgehead atoms. The van der Waals surface area contributed by atoms with Gasteiger partial charge in [-0.05, 0) is 31.0 Å².